The molecule has 2 heterocycles. The first-order chi connectivity index (χ1) is 14.5. The second-order valence-electron chi connectivity index (χ2n) is 7.20. The molecular weight excluding hydrogens is 394 g/mol. The highest BCUT2D eigenvalue weighted by atomic mass is 16.5. The van der Waals surface area contributed by atoms with E-state index in [1.165, 1.54) is 12.4 Å². The number of carboxylic acid groups (broad SMARTS) is 1. The second kappa shape index (κ2) is 11.9. The first-order valence-electron chi connectivity index (χ1n) is 10.0. The smallest absolute Gasteiger partial charge is 0.290 e. The van der Waals surface area contributed by atoms with Gasteiger partial charge in [0.1, 0.15) is 0 Å². The number of aromatic nitrogens is 2. The number of nitrogens with one attached hydrogen (secondary N) is 3. The topological polar surface area (TPSA) is 154 Å². The van der Waals surface area contributed by atoms with Crippen LogP contribution in [0.4, 0.5) is 0 Å². The van der Waals surface area contributed by atoms with Crippen LogP contribution in [0.3, 0.4) is 0 Å². The molecule has 1 saturated heterocycles. The summed E-state index contributed by atoms with van der Waals surface area (Å²) in [5.74, 6) is -0.586. The fourth-order valence-corrected chi connectivity index (χ4v) is 3.70. The Morgan fingerprint density at radius 1 is 1.43 bits per heavy atom. The molecule has 3 atom stereocenters. The summed E-state index contributed by atoms with van der Waals surface area (Å²) in [6, 6.07) is -0.250. The van der Waals surface area contributed by atoms with E-state index in [-0.39, 0.29) is 48.8 Å². The maximum Gasteiger partial charge on any atom is 0.290 e. The summed E-state index contributed by atoms with van der Waals surface area (Å²) >= 11 is 0. The minimum atomic E-state index is -0.250. The number of nitrogens with zero attached hydrogens (tertiary/aromatic N) is 2. The van der Waals surface area contributed by atoms with Gasteiger partial charge in [0.2, 0.25) is 11.8 Å². The Balaban J connectivity index is 0.00000101. The molecule has 4 N–H and O–H groups in total. The Bertz CT molecular complexity index is 710. The van der Waals surface area contributed by atoms with Crippen molar-refractivity contribution in [2.24, 2.45) is 5.92 Å². The molecule has 1 saturated carbocycles. The average molecular weight is 423 g/mol. The van der Waals surface area contributed by atoms with Crippen molar-refractivity contribution in [2.45, 2.75) is 44.8 Å². The van der Waals surface area contributed by atoms with Crippen molar-refractivity contribution >= 4 is 24.2 Å². The highest BCUT2D eigenvalue weighted by Gasteiger charge is 2.38. The standard InChI is InChI=1S/C18H27N5O4.CH2O2/c1-2-7-27-15-4-3-12(18(26)23-6-5-19-16(24)11-23)8-14(15)22-17(25)13-9-20-21-10-13;2-1-3/h9-10,12,14-15H,2-8,11H2,1H3,(H,19,24)(H,20,21)(H,22,25);1H,(H,2,3)/t12-,14+,15+;/m0./s1. The molecule has 11 nitrogen and oxygen atoms in total. The largest absolute Gasteiger partial charge is 0.483 e. The third-order valence-electron chi connectivity index (χ3n) is 5.10. The predicted octanol–water partition coefficient (Wildman–Crippen LogP) is -0.237. The Hall–Kier alpha value is -2.95. The van der Waals surface area contributed by atoms with Gasteiger partial charge in [0.15, 0.2) is 0 Å². The van der Waals surface area contributed by atoms with Crippen molar-refractivity contribution in [1.82, 2.24) is 25.7 Å². The third-order valence-corrected chi connectivity index (χ3v) is 5.10. The number of H-pyrrole nitrogens is 1. The lowest BCUT2D eigenvalue weighted by Crippen LogP contribution is -2.54. The lowest BCUT2D eigenvalue weighted by atomic mass is 9.82. The summed E-state index contributed by atoms with van der Waals surface area (Å²) in [7, 11) is 0. The summed E-state index contributed by atoms with van der Waals surface area (Å²) in [6.07, 6.45) is 5.69. The van der Waals surface area contributed by atoms with Crippen LogP contribution in [0.1, 0.15) is 43.0 Å². The van der Waals surface area contributed by atoms with Crippen LogP contribution < -0.4 is 10.6 Å². The van der Waals surface area contributed by atoms with Gasteiger partial charge in [-0.05, 0) is 25.7 Å². The maximum absolute atomic E-state index is 12.9. The van der Waals surface area contributed by atoms with Crippen LogP contribution >= 0.6 is 0 Å². The van der Waals surface area contributed by atoms with Crippen LogP contribution in [0.15, 0.2) is 12.4 Å². The quantitative estimate of drug-likeness (QED) is 0.461. The molecule has 0 spiro atoms. The van der Waals surface area contributed by atoms with E-state index in [0.29, 0.717) is 44.5 Å². The molecule has 0 bridgehead atoms. The van der Waals surface area contributed by atoms with Crippen LogP contribution in [0.5, 0.6) is 0 Å². The van der Waals surface area contributed by atoms with Crippen molar-refractivity contribution in [3.63, 3.8) is 0 Å². The normalized spacial score (nSPS) is 23.6. The Morgan fingerprint density at radius 2 is 2.20 bits per heavy atom. The first-order valence-corrected chi connectivity index (χ1v) is 10.0. The number of piperazine rings is 1. The van der Waals surface area contributed by atoms with Crippen LogP contribution in [-0.2, 0) is 19.1 Å². The van der Waals surface area contributed by atoms with Crippen molar-refractivity contribution in [3.05, 3.63) is 18.0 Å². The minimum absolute atomic E-state index is 0.0126. The van der Waals surface area contributed by atoms with Gasteiger partial charge in [-0.25, -0.2) is 0 Å². The number of rotatable bonds is 6. The van der Waals surface area contributed by atoms with Crippen LogP contribution in [0.2, 0.25) is 0 Å². The molecule has 2 aliphatic rings. The molecule has 0 unspecified atom stereocenters. The summed E-state index contributed by atoms with van der Waals surface area (Å²) in [4.78, 5) is 46.9. The average Bonchev–Trinajstić information content (AvgIpc) is 3.28. The van der Waals surface area contributed by atoms with E-state index >= 15 is 0 Å². The van der Waals surface area contributed by atoms with Gasteiger partial charge in [-0.15, -0.1) is 0 Å². The van der Waals surface area contributed by atoms with Crippen molar-refractivity contribution in [2.75, 3.05) is 26.2 Å². The first kappa shape index (κ1) is 23.3. The Labute approximate surface area is 174 Å². The number of aromatic amines is 1. The molecule has 30 heavy (non-hydrogen) atoms. The second-order valence-corrected chi connectivity index (χ2v) is 7.20. The van der Waals surface area contributed by atoms with Crippen molar-refractivity contribution in [1.29, 1.82) is 0 Å². The molecule has 3 rings (SSSR count). The molecule has 0 aromatic carbocycles. The van der Waals surface area contributed by atoms with Gasteiger partial charge < -0.3 is 25.4 Å². The predicted molar refractivity (Wildman–Crippen MR) is 105 cm³/mol. The number of carbonyl (C=O) groups excluding carboxylic acids is 3. The summed E-state index contributed by atoms with van der Waals surface area (Å²) in [6.45, 7) is 3.53. The zero-order valence-corrected chi connectivity index (χ0v) is 17.0. The molecule has 1 aromatic heterocycles. The van der Waals surface area contributed by atoms with Gasteiger partial charge in [0, 0.05) is 31.8 Å². The zero-order valence-electron chi connectivity index (χ0n) is 17.0. The highest BCUT2D eigenvalue weighted by molar-refractivity contribution is 5.94. The van der Waals surface area contributed by atoms with E-state index < -0.39 is 0 Å². The fourth-order valence-electron chi connectivity index (χ4n) is 3.70. The summed E-state index contributed by atoms with van der Waals surface area (Å²) < 4.78 is 5.93. The number of hydrogen-bond donors (Lipinski definition) is 4. The lowest BCUT2D eigenvalue weighted by molar-refractivity contribution is -0.143. The van der Waals surface area contributed by atoms with Gasteiger partial charge in [-0.2, -0.15) is 5.10 Å². The highest BCUT2D eigenvalue weighted by Crippen LogP contribution is 2.29. The number of amides is 3. The maximum atomic E-state index is 12.9. The molecule has 166 valence electrons. The van der Waals surface area contributed by atoms with Crippen molar-refractivity contribution in [3.8, 4) is 0 Å². The molecular formula is C19H29N5O6. The summed E-state index contributed by atoms with van der Waals surface area (Å²) in [5, 5.41) is 19.1. The van der Waals surface area contributed by atoms with Gasteiger partial charge >= 0.3 is 0 Å². The van der Waals surface area contributed by atoms with E-state index in [9.17, 15) is 14.4 Å². The van der Waals surface area contributed by atoms with E-state index in [4.69, 9.17) is 14.6 Å². The van der Waals surface area contributed by atoms with Gasteiger partial charge in [0.05, 0.1) is 30.5 Å². The molecule has 0 radical (unpaired) electrons. The zero-order chi connectivity index (χ0) is 21.9. The monoisotopic (exact) mass is 423 g/mol. The Morgan fingerprint density at radius 3 is 2.83 bits per heavy atom. The van der Waals surface area contributed by atoms with Crippen molar-refractivity contribution < 1.29 is 29.0 Å². The number of ether oxygens (including phenoxy) is 1. The molecule has 2 fully saturated rings. The van der Waals surface area contributed by atoms with Crippen LogP contribution in [0.25, 0.3) is 0 Å². The number of carbonyl (C=O) groups is 4. The lowest BCUT2D eigenvalue weighted by Gasteiger charge is -2.38. The van der Waals surface area contributed by atoms with E-state index in [1.54, 1.807) is 4.90 Å². The molecule has 1 aliphatic carbocycles. The number of hydrogen-bond acceptors (Lipinski definition) is 6. The van der Waals surface area contributed by atoms with Crippen LogP contribution in [-0.4, -0.2) is 82.8 Å². The van der Waals surface area contributed by atoms with E-state index in [0.717, 1.165) is 6.42 Å². The van der Waals surface area contributed by atoms with Gasteiger partial charge in [0.25, 0.3) is 12.4 Å². The van der Waals surface area contributed by atoms with Crippen LogP contribution in [0, 0.1) is 5.92 Å². The SMILES string of the molecule is CCCO[C@@H]1CC[C@H](C(=O)N2CCNC(=O)C2)C[C@H]1NC(=O)c1cn[nH]c1.O=CO. The molecule has 1 aliphatic heterocycles. The third kappa shape index (κ3) is 6.55. The van der Waals surface area contributed by atoms with E-state index in [2.05, 4.69) is 20.8 Å². The Kier molecular flexibility index (Phi) is 9.26. The van der Waals surface area contributed by atoms with E-state index in [1.807, 2.05) is 6.92 Å². The minimum Gasteiger partial charge on any atom is -0.483 e. The fraction of sp³-hybridized carbons (Fsp3) is 0.632. The molecule has 1 aromatic rings. The van der Waals surface area contributed by atoms with Gasteiger partial charge in [-0.1, -0.05) is 6.92 Å². The molecule has 11 heteroatoms. The molecule has 3 amide bonds. The summed E-state index contributed by atoms with van der Waals surface area (Å²) in [5.41, 5.74) is 0.449. The van der Waals surface area contributed by atoms with Gasteiger partial charge in [-0.3, -0.25) is 24.3 Å².